The summed E-state index contributed by atoms with van der Waals surface area (Å²) in [5.41, 5.74) is 1.70. The number of benzene rings is 3. The molecule has 0 saturated carbocycles. The van der Waals surface area contributed by atoms with E-state index in [0.717, 1.165) is 22.4 Å². The van der Waals surface area contributed by atoms with Crippen LogP contribution in [0.2, 0.25) is 0 Å². The Labute approximate surface area is 188 Å². The van der Waals surface area contributed by atoms with E-state index in [-0.39, 0.29) is 11.5 Å². The SMILES string of the molecule is CCCOc1ccc2nc(NC(=O)c3ccc(C(=O)C(=O)c4ccccc4)cc3)sc2c1. The van der Waals surface area contributed by atoms with Gasteiger partial charge in [-0.05, 0) is 36.8 Å². The van der Waals surface area contributed by atoms with Crippen molar-refractivity contribution in [1.29, 1.82) is 0 Å². The Morgan fingerprint density at radius 1 is 0.875 bits per heavy atom. The van der Waals surface area contributed by atoms with Crippen LogP contribution in [0.3, 0.4) is 0 Å². The molecule has 1 N–H and O–H groups in total. The second-order valence-electron chi connectivity index (χ2n) is 7.05. The van der Waals surface area contributed by atoms with Gasteiger partial charge in [-0.3, -0.25) is 19.7 Å². The fraction of sp³-hybridized carbons (Fsp3) is 0.120. The molecule has 160 valence electrons. The number of hydrogen-bond acceptors (Lipinski definition) is 6. The van der Waals surface area contributed by atoms with Crippen LogP contribution in [-0.2, 0) is 0 Å². The summed E-state index contributed by atoms with van der Waals surface area (Å²) in [5, 5.41) is 3.25. The van der Waals surface area contributed by atoms with Crippen LogP contribution in [0.5, 0.6) is 5.75 Å². The van der Waals surface area contributed by atoms with Crippen molar-refractivity contribution in [3.63, 3.8) is 0 Å². The number of thiazole rings is 1. The molecule has 1 aromatic heterocycles. The molecule has 0 aliphatic rings. The molecule has 0 spiro atoms. The molecule has 0 bridgehead atoms. The first-order valence-corrected chi connectivity index (χ1v) is 11.0. The zero-order valence-electron chi connectivity index (χ0n) is 17.3. The van der Waals surface area contributed by atoms with Gasteiger partial charge in [-0.1, -0.05) is 60.7 Å². The molecule has 4 aromatic rings. The smallest absolute Gasteiger partial charge is 0.257 e. The third-order valence-corrected chi connectivity index (χ3v) is 5.64. The van der Waals surface area contributed by atoms with Gasteiger partial charge in [0.2, 0.25) is 11.6 Å². The van der Waals surface area contributed by atoms with Gasteiger partial charge < -0.3 is 4.74 Å². The standard InChI is InChI=1S/C25H20N2O4S/c1-2-14-31-19-12-13-20-21(15-19)32-25(26-20)27-24(30)18-10-8-17(9-11-18)23(29)22(28)16-6-4-3-5-7-16/h3-13,15H,2,14H2,1H3,(H,26,27,30). The number of amides is 1. The number of hydrogen-bond donors (Lipinski definition) is 1. The molecule has 0 aliphatic carbocycles. The van der Waals surface area contributed by atoms with E-state index < -0.39 is 11.6 Å². The molecule has 0 aliphatic heterocycles. The Balaban J connectivity index is 1.44. The molecule has 4 rings (SSSR count). The summed E-state index contributed by atoms with van der Waals surface area (Å²) >= 11 is 1.36. The van der Waals surface area contributed by atoms with Gasteiger partial charge in [0.05, 0.1) is 16.8 Å². The number of ether oxygens (including phenoxy) is 1. The maximum atomic E-state index is 12.6. The highest BCUT2D eigenvalue weighted by atomic mass is 32.1. The van der Waals surface area contributed by atoms with E-state index in [4.69, 9.17) is 4.74 Å². The molecular weight excluding hydrogens is 424 g/mol. The first-order chi connectivity index (χ1) is 15.5. The van der Waals surface area contributed by atoms with E-state index >= 15 is 0 Å². The van der Waals surface area contributed by atoms with Crippen molar-refractivity contribution < 1.29 is 19.1 Å². The first-order valence-electron chi connectivity index (χ1n) is 10.1. The van der Waals surface area contributed by atoms with E-state index in [0.29, 0.717) is 22.9 Å². The topological polar surface area (TPSA) is 85.4 Å². The molecule has 0 radical (unpaired) electrons. The van der Waals surface area contributed by atoms with Crippen molar-refractivity contribution in [2.45, 2.75) is 13.3 Å². The monoisotopic (exact) mass is 444 g/mol. The number of nitrogens with zero attached hydrogens (tertiary/aromatic N) is 1. The number of anilines is 1. The summed E-state index contributed by atoms with van der Waals surface area (Å²) in [4.78, 5) is 41.8. The van der Waals surface area contributed by atoms with E-state index in [1.165, 1.54) is 35.6 Å². The summed E-state index contributed by atoms with van der Waals surface area (Å²) < 4.78 is 6.55. The van der Waals surface area contributed by atoms with Crippen LogP contribution in [0, 0.1) is 0 Å². The fourth-order valence-electron chi connectivity index (χ4n) is 3.06. The lowest BCUT2D eigenvalue weighted by Gasteiger charge is -2.04. The lowest BCUT2D eigenvalue weighted by atomic mass is 10.0. The van der Waals surface area contributed by atoms with Crippen molar-refractivity contribution in [2.75, 3.05) is 11.9 Å². The minimum atomic E-state index is -0.615. The van der Waals surface area contributed by atoms with Gasteiger partial charge in [-0.2, -0.15) is 0 Å². The zero-order valence-corrected chi connectivity index (χ0v) is 18.1. The number of carbonyl (C=O) groups excluding carboxylic acids is 3. The summed E-state index contributed by atoms with van der Waals surface area (Å²) in [6.45, 7) is 2.69. The van der Waals surface area contributed by atoms with Gasteiger partial charge in [0.1, 0.15) is 5.75 Å². The normalized spacial score (nSPS) is 10.7. The summed E-state index contributed by atoms with van der Waals surface area (Å²) in [6.07, 6.45) is 0.923. The average Bonchev–Trinajstić information content (AvgIpc) is 3.23. The van der Waals surface area contributed by atoms with Gasteiger partial charge in [0.25, 0.3) is 5.91 Å². The van der Waals surface area contributed by atoms with E-state index in [1.54, 1.807) is 30.3 Å². The van der Waals surface area contributed by atoms with Crippen LogP contribution in [0.1, 0.15) is 44.4 Å². The number of Topliss-reactive ketones (excluding diaryl/α,β-unsaturated/α-hetero) is 2. The Morgan fingerprint density at radius 3 is 2.22 bits per heavy atom. The number of rotatable bonds is 8. The van der Waals surface area contributed by atoms with E-state index in [2.05, 4.69) is 10.3 Å². The van der Waals surface area contributed by atoms with Gasteiger partial charge in [0.15, 0.2) is 5.13 Å². The molecule has 6 nitrogen and oxygen atoms in total. The molecule has 0 saturated heterocycles. The van der Waals surface area contributed by atoms with Gasteiger partial charge in [-0.15, -0.1) is 0 Å². The first kappa shape index (κ1) is 21.4. The van der Waals surface area contributed by atoms with Crippen LogP contribution in [0.4, 0.5) is 5.13 Å². The summed E-state index contributed by atoms with van der Waals surface area (Å²) in [5.74, 6) is -0.777. The molecule has 0 unspecified atom stereocenters. The number of carbonyl (C=O) groups is 3. The number of ketones is 2. The Morgan fingerprint density at radius 2 is 1.53 bits per heavy atom. The fourth-order valence-corrected chi connectivity index (χ4v) is 3.95. The third-order valence-electron chi connectivity index (χ3n) is 4.70. The van der Waals surface area contributed by atoms with Crippen LogP contribution in [0.15, 0.2) is 72.8 Å². The van der Waals surface area contributed by atoms with Crippen molar-refractivity contribution in [3.05, 3.63) is 89.5 Å². The average molecular weight is 445 g/mol. The van der Waals surface area contributed by atoms with Crippen LogP contribution >= 0.6 is 11.3 Å². The zero-order chi connectivity index (χ0) is 22.5. The van der Waals surface area contributed by atoms with Crippen molar-refractivity contribution in [1.82, 2.24) is 4.98 Å². The Kier molecular flexibility index (Phi) is 6.37. The predicted octanol–water partition coefficient (Wildman–Crippen LogP) is 5.40. The van der Waals surface area contributed by atoms with Crippen molar-refractivity contribution >= 4 is 44.2 Å². The van der Waals surface area contributed by atoms with Crippen molar-refractivity contribution in [2.24, 2.45) is 0 Å². The predicted molar refractivity (Wildman–Crippen MR) is 125 cm³/mol. The number of nitrogens with one attached hydrogen (secondary N) is 1. The highest BCUT2D eigenvalue weighted by molar-refractivity contribution is 7.22. The lowest BCUT2D eigenvalue weighted by Crippen LogP contribution is -2.15. The highest BCUT2D eigenvalue weighted by Gasteiger charge is 2.18. The molecule has 3 aromatic carbocycles. The maximum Gasteiger partial charge on any atom is 0.257 e. The van der Waals surface area contributed by atoms with Crippen LogP contribution < -0.4 is 10.1 Å². The molecule has 1 heterocycles. The number of fused-ring (bicyclic) bond motifs is 1. The Bertz CT molecular complexity index is 1280. The minimum Gasteiger partial charge on any atom is -0.494 e. The van der Waals surface area contributed by atoms with E-state index in [9.17, 15) is 14.4 Å². The summed E-state index contributed by atoms with van der Waals surface area (Å²) in [6, 6.07) is 20.0. The molecule has 0 fully saturated rings. The quantitative estimate of drug-likeness (QED) is 0.290. The molecule has 0 atom stereocenters. The number of aromatic nitrogens is 1. The van der Waals surface area contributed by atoms with Crippen molar-refractivity contribution in [3.8, 4) is 5.75 Å². The summed E-state index contributed by atoms with van der Waals surface area (Å²) in [7, 11) is 0. The lowest BCUT2D eigenvalue weighted by molar-refractivity contribution is 0.0817. The largest absolute Gasteiger partial charge is 0.494 e. The van der Waals surface area contributed by atoms with Gasteiger partial charge >= 0.3 is 0 Å². The third kappa shape index (κ3) is 4.73. The molecule has 7 heteroatoms. The molecule has 1 amide bonds. The minimum absolute atomic E-state index is 0.231. The van der Waals surface area contributed by atoms with Crippen LogP contribution in [0.25, 0.3) is 10.2 Å². The second kappa shape index (κ2) is 9.53. The molecule has 32 heavy (non-hydrogen) atoms. The molecular formula is C25H20N2O4S. The maximum absolute atomic E-state index is 12.6. The van der Waals surface area contributed by atoms with Crippen LogP contribution in [-0.4, -0.2) is 29.1 Å². The Hall–Kier alpha value is -3.84. The highest BCUT2D eigenvalue weighted by Crippen LogP contribution is 2.29. The second-order valence-corrected chi connectivity index (χ2v) is 8.08. The van der Waals surface area contributed by atoms with Gasteiger partial charge in [0, 0.05) is 16.7 Å². The van der Waals surface area contributed by atoms with Gasteiger partial charge in [-0.25, -0.2) is 4.98 Å². The van der Waals surface area contributed by atoms with E-state index in [1.807, 2.05) is 25.1 Å².